The Kier molecular flexibility index (Phi) is 55.0. The number of carbonyl (C=O) groups excluding carboxylic acids is 16. The third kappa shape index (κ3) is 44.4. The van der Waals surface area contributed by atoms with E-state index < -0.39 is 212 Å². The van der Waals surface area contributed by atoms with Crippen molar-refractivity contribution in [1.29, 1.82) is 0 Å². The molecule has 0 aromatic heterocycles. The van der Waals surface area contributed by atoms with Gasteiger partial charge in [0.25, 0.3) is 0 Å². The number of amides is 16. The fourth-order valence-electron chi connectivity index (χ4n) is 12.6. The van der Waals surface area contributed by atoms with Crippen LogP contribution < -0.4 is 120 Å². The van der Waals surface area contributed by atoms with Gasteiger partial charge in [0.15, 0.2) is 0 Å². The van der Waals surface area contributed by atoms with Crippen LogP contribution in [-0.2, 0) is 102 Å². The Bertz CT molecular complexity index is 3560. The fraction of sp³-hybridized carbons (Fsp3) is 0.700. The van der Waals surface area contributed by atoms with E-state index in [1.54, 1.807) is 78.8 Å². The maximum Gasteiger partial charge on any atom is 0.245 e. The Morgan fingerprint density at radius 2 is 0.887 bits per heavy atom. The molecule has 0 radical (unpaired) electrons. The van der Waals surface area contributed by atoms with Gasteiger partial charge in [-0.2, -0.15) is 0 Å². The lowest BCUT2D eigenvalue weighted by Gasteiger charge is -2.29. The van der Waals surface area contributed by atoms with E-state index in [-0.39, 0.29) is 167 Å². The van der Waals surface area contributed by atoms with Gasteiger partial charge >= 0.3 is 0 Å². The topological polar surface area (TPSA) is 696 Å². The first-order valence-electron chi connectivity index (χ1n) is 42.2. The molecule has 1 aromatic carbocycles. The molecular weight excluding hydrogens is 1620 g/mol. The molecule has 2 rings (SSSR count). The van der Waals surface area contributed by atoms with E-state index in [1.807, 2.05) is 0 Å². The van der Waals surface area contributed by atoms with E-state index >= 15 is 0 Å². The van der Waals surface area contributed by atoms with E-state index in [1.165, 1.54) is 0 Å². The predicted octanol–water partition coefficient (Wildman–Crippen LogP) is -9.32. The first-order chi connectivity index (χ1) is 59.0. The zero-order valence-electron chi connectivity index (χ0n) is 72.8. The summed E-state index contributed by atoms with van der Waals surface area (Å²) in [7, 11) is 0. The van der Waals surface area contributed by atoms with E-state index in [0.29, 0.717) is 25.4 Å². The van der Waals surface area contributed by atoms with E-state index in [4.69, 9.17) is 65.5 Å². The van der Waals surface area contributed by atoms with Crippen molar-refractivity contribution in [1.82, 2.24) is 84.7 Å². The third-order valence-electron chi connectivity index (χ3n) is 19.0. The Labute approximate surface area is 725 Å². The summed E-state index contributed by atoms with van der Waals surface area (Å²) in [6.45, 7) is 11.5. The summed E-state index contributed by atoms with van der Waals surface area (Å²) >= 11 is 0. The van der Waals surface area contributed by atoms with Crippen molar-refractivity contribution in [2.45, 2.75) is 217 Å². The molecule has 30 N–H and O–H groups in total. The van der Waals surface area contributed by atoms with Crippen LogP contribution in [0.25, 0.3) is 0 Å². The molecule has 44 nitrogen and oxygen atoms in total. The van der Waals surface area contributed by atoms with Gasteiger partial charge in [-0.15, -0.1) is 6.42 Å². The number of hydrogen-bond acceptors (Lipinski definition) is 28. The maximum atomic E-state index is 14.8. The van der Waals surface area contributed by atoms with Crippen molar-refractivity contribution in [3.05, 3.63) is 35.9 Å². The largest absolute Gasteiger partial charge is 0.391 e. The van der Waals surface area contributed by atoms with E-state index in [9.17, 15) is 81.8 Å². The molecule has 0 aliphatic carbocycles. The normalized spacial score (nSPS) is 19.5. The van der Waals surface area contributed by atoms with Crippen LogP contribution in [0.1, 0.15) is 132 Å². The van der Waals surface area contributed by atoms with E-state index in [2.05, 4.69) is 85.7 Å². The second-order valence-corrected chi connectivity index (χ2v) is 31.1. The fourth-order valence-corrected chi connectivity index (χ4v) is 12.6. The van der Waals surface area contributed by atoms with Gasteiger partial charge in [-0.25, -0.2) is 0 Å². The molecule has 1 fully saturated rings. The monoisotopic (exact) mass is 1760 g/mol. The molecule has 16 amide bonds. The molecule has 0 spiro atoms. The summed E-state index contributed by atoms with van der Waals surface area (Å²) in [5.41, 5.74) is 41.6. The molecule has 1 aliphatic rings. The van der Waals surface area contributed by atoms with E-state index in [0.717, 1.165) is 11.8 Å². The first kappa shape index (κ1) is 110. The second kappa shape index (κ2) is 62.0. The van der Waals surface area contributed by atoms with Gasteiger partial charge in [-0.1, -0.05) is 84.7 Å². The molecule has 14 atom stereocenters. The smallest absolute Gasteiger partial charge is 0.245 e. The highest BCUT2D eigenvalue weighted by Crippen LogP contribution is 2.14. The Hall–Kier alpha value is -10.2. The number of nitrogens with zero attached hydrogens (tertiary/aromatic N) is 1. The molecule has 1 aliphatic heterocycles. The number of benzene rings is 1. The summed E-state index contributed by atoms with van der Waals surface area (Å²) < 4.78 is 21.6. The molecule has 1 aromatic rings. The lowest BCUT2D eigenvalue weighted by molar-refractivity contribution is -0.137. The Morgan fingerprint density at radius 3 is 1.35 bits per heavy atom. The number of aliphatic hydroxyl groups is 1. The summed E-state index contributed by atoms with van der Waals surface area (Å²) in [5, 5.41) is 49.9. The van der Waals surface area contributed by atoms with Crippen molar-refractivity contribution in [3.8, 4) is 12.3 Å². The number of nitrogens with one attached hydrogen (secondary N) is 15. The summed E-state index contributed by atoms with van der Waals surface area (Å²) in [5.74, 6) is -12.9. The molecule has 1 heterocycles. The number of hydrogen-bond donors (Lipinski definition) is 23. The van der Waals surface area contributed by atoms with Gasteiger partial charge in [-0.05, 0) is 140 Å². The van der Waals surface area contributed by atoms with Crippen LogP contribution in [0, 0.1) is 30.1 Å². The van der Waals surface area contributed by atoms with Crippen molar-refractivity contribution < 1.29 is 101 Å². The molecule has 0 bridgehead atoms. The minimum atomic E-state index is -1.92. The summed E-state index contributed by atoms with van der Waals surface area (Å²) in [6.07, 6.45) is 1.54. The zero-order chi connectivity index (χ0) is 92.8. The SMILES string of the molecule is C#CCOCCOCCOCCOCCNC(=O)CN(CC(=O)N[C@@H](CC(C)C)C(=O)N[C@@H](CCN)C(N)=O)CC(=O)N[C@@H](CC(C)C)C(=O)N[C@@H](CCN)C(=O)N[C@H](C(=O)N[C@@H](CCN)C(=O)N[C@H]1CCNC(=O)[C@H](CC)NC(=O)[C@H](CCN)NC(=O)[C@H](CCN)NC(=O)[C@H](CC(C)C)NC(=O)[C@@H](Cc2ccccc2)NC(=O)[C@H](CCN)NC1=O)[C@@H](C)O. The zero-order valence-corrected chi connectivity index (χ0v) is 72.8. The number of carbonyl (C=O) groups is 16. The van der Waals surface area contributed by atoms with Crippen molar-refractivity contribution in [2.75, 3.05) is 125 Å². The predicted molar refractivity (Wildman–Crippen MR) is 456 cm³/mol. The summed E-state index contributed by atoms with van der Waals surface area (Å²) in [4.78, 5) is 227. The van der Waals surface area contributed by atoms with Gasteiger partial charge in [0.2, 0.25) is 94.5 Å². The van der Waals surface area contributed by atoms with Crippen molar-refractivity contribution in [2.24, 2.45) is 57.9 Å². The number of nitrogens with two attached hydrogens (primary N) is 7. The lowest BCUT2D eigenvalue weighted by atomic mass is 10.00. The summed E-state index contributed by atoms with van der Waals surface area (Å²) in [6, 6.07) is -10.6. The van der Waals surface area contributed by atoms with Gasteiger partial charge in [-0.3, -0.25) is 81.6 Å². The Balaban J connectivity index is 2.59. The van der Waals surface area contributed by atoms with Crippen molar-refractivity contribution in [3.63, 3.8) is 0 Å². The average molecular weight is 1760 g/mol. The minimum Gasteiger partial charge on any atom is -0.391 e. The van der Waals surface area contributed by atoms with Crippen LogP contribution in [0.2, 0.25) is 0 Å². The van der Waals surface area contributed by atoms with Gasteiger partial charge in [0, 0.05) is 19.5 Å². The highest BCUT2D eigenvalue weighted by atomic mass is 16.6. The third-order valence-corrected chi connectivity index (χ3v) is 19.0. The van der Waals surface area contributed by atoms with Crippen LogP contribution in [0.3, 0.4) is 0 Å². The van der Waals surface area contributed by atoms with Crippen LogP contribution in [-0.4, -0.2) is 314 Å². The molecule has 124 heavy (non-hydrogen) atoms. The molecule has 1 saturated heterocycles. The molecule has 44 heteroatoms. The average Bonchev–Trinajstić information content (AvgIpc) is 0.990. The van der Waals surface area contributed by atoms with Gasteiger partial charge < -0.3 is 144 Å². The first-order valence-corrected chi connectivity index (χ1v) is 42.2. The second-order valence-electron chi connectivity index (χ2n) is 31.1. The van der Waals surface area contributed by atoms with Gasteiger partial charge in [0.1, 0.15) is 85.2 Å². The number of primary amides is 1. The van der Waals surface area contributed by atoms with Crippen LogP contribution in [0.5, 0.6) is 0 Å². The van der Waals surface area contributed by atoms with Crippen LogP contribution in [0.4, 0.5) is 0 Å². The number of aliphatic hydroxyl groups excluding tert-OH is 1. The number of terminal acetylenes is 1. The molecule has 0 saturated carbocycles. The lowest BCUT2D eigenvalue weighted by Crippen LogP contribution is -2.62. The number of rotatable bonds is 54. The van der Waals surface area contributed by atoms with Crippen molar-refractivity contribution >= 4 is 94.5 Å². The Morgan fingerprint density at radius 1 is 0.476 bits per heavy atom. The highest BCUT2D eigenvalue weighted by Gasteiger charge is 2.39. The highest BCUT2D eigenvalue weighted by molar-refractivity contribution is 6.00. The maximum absolute atomic E-state index is 14.8. The van der Waals surface area contributed by atoms with Crippen LogP contribution in [0.15, 0.2) is 30.3 Å². The quantitative estimate of drug-likeness (QED) is 0.0213. The molecule has 0 unspecified atom stereocenters. The van der Waals surface area contributed by atoms with Crippen LogP contribution >= 0.6 is 0 Å². The molecule has 700 valence electrons. The molecular formula is C80H139N23O21. The standard InChI is InChI=1S/C80H139N23O21/c1-10-32-121-34-36-123-38-39-124-37-35-122-33-31-88-64(105)44-103(45-65(106)90-60(40-47(3)4)76(116)93-53(17-24-81)68(87)108)46-66(107)91-61(41-48(5)6)77(117)97-58(22-29-86)75(115)102-67(50(9)104)80(120)99-57(21-28-85)72(112)98-59-23-30-89-69(109)52(11-2)92-70(110)54(18-25-82)94-71(111)55(19-26-83)96-78(118)62(42-49(7)8)100-79(119)63(43-51-15-13-12-14-16-51)101-73(113)56(20-27-84)95-74(59)114/h1,12-16,47-50,52-63,67,104H,11,17-46,81-86H2,2-9H3,(H2,87,108)(H,88,105)(H,89,109)(H,90,106)(H,91,107)(H,92,110)(H,93,116)(H,94,111)(H,95,114)(H,96,118)(H,97,117)(H,98,112)(H,99,120)(H,100,119)(H,101,113)(H,102,115)/t50-,52+,53+,54+,55+,56+,57+,58+,59+,60+,61+,62+,63-,67+/m1/s1. The van der Waals surface area contributed by atoms with Gasteiger partial charge in [0.05, 0.1) is 72.0 Å². The number of ether oxygens (including phenoxy) is 4. The minimum absolute atomic E-state index is 0.000887.